The van der Waals surface area contributed by atoms with E-state index in [0.717, 1.165) is 34.6 Å². The highest BCUT2D eigenvalue weighted by molar-refractivity contribution is 7.82. The molecule has 1 aromatic heterocycles. The van der Waals surface area contributed by atoms with E-state index in [0.29, 0.717) is 22.4 Å². The second-order valence-electron chi connectivity index (χ2n) is 8.81. The van der Waals surface area contributed by atoms with Crippen LogP contribution in [0.25, 0.3) is 10.2 Å². The van der Waals surface area contributed by atoms with Crippen molar-refractivity contribution in [2.75, 3.05) is 13.1 Å². The molecule has 7 heteroatoms. The fraction of sp³-hybridized carbons (Fsp3) is 0.417. The number of para-hydroxylation sites is 1. The summed E-state index contributed by atoms with van der Waals surface area (Å²) in [5, 5.41) is 21.7. The Bertz CT molecular complexity index is 1090. The van der Waals surface area contributed by atoms with Crippen molar-refractivity contribution in [1.29, 1.82) is 5.26 Å². The molecular formula is C24H27N3O2S2. The van der Waals surface area contributed by atoms with Crippen LogP contribution in [0.5, 0.6) is 0 Å². The van der Waals surface area contributed by atoms with E-state index >= 15 is 0 Å². The van der Waals surface area contributed by atoms with Crippen molar-refractivity contribution >= 4 is 32.5 Å². The van der Waals surface area contributed by atoms with Gasteiger partial charge in [0.25, 0.3) is 0 Å². The summed E-state index contributed by atoms with van der Waals surface area (Å²) in [6.07, 6.45) is 0.118. The maximum atomic E-state index is 13.1. The zero-order valence-electron chi connectivity index (χ0n) is 18.0. The molecule has 31 heavy (non-hydrogen) atoms. The lowest BCUT2D eigenvalue weighted by molar-refractivity contribution is 0.119. The molecule has 0 saturated carbocycles. The lowest BCUT2D eigenvalue weighted by atomic mass is 9.82. The zero-order valence-corrected chi connectivity index (χ0v) is 19.6. The van der Waals surface area contributed by atoms with E-state index in [-0.39, 0.29) is 0 Å². The Balaban J connectivity index is 1.57. The van der Waals surface area contributed by atoms with Crippen molar-refractivity contribution in [1.82, 2.24) is 9.29 Å². The number of aromatic nitrogens is 1. The zero-order chi connectivity index (χ0) is 22.2. The van der Waals surface area contributed by atoms with Gasteiger partial charge in [0.2, 0.25) is 0 Å². The maximum absolute atomic E-state index is 13.1. The number of nitriles is 1. The summed E-state index contributed by atoms with van der Waals surface area (Å²) in [5.41, 5.74) is 0.263. The minimum Gasteiger partial charge on any atom is -0.386 e. The summed E-state index contributed by atoms with van der Waals surface area (Å²) in [7, 11) is -1.23. The van der Waals surface area contributed by atoms with Gasteiger partial charge in [0, 0.05) is 13.1 Å². The molecule has 5 atom stereocenters. The molecule has 0 aliphatic carbocycles. The number of benzene rings is 2. The largest absolute Gasteiger partial charge is 0.386 e. The summed E-state index contributed by atoms with van der Waals surface area (Å²) >= 11 is 1.43. The van der Waals surface area contributed by atoms with Crippen LogP contribution in [0.1, 0.15) is 43.9 Å². The number of aliphatic hydroxyl groups excluding tert-OH is 1. The highest BCUT2D eigenvalue weighted by Gasteiger charge is 2.39. The number of fused-ring (bicyclic) bond motifs is 1. The van der Waals surface area contributed by atoms with E-state index in [4.69, 9.17) is 0 Å². The van der Waals surface area contributed by atoms with Crippen molar-refractivity contribution in [3.63, 3.8) is 0 Å². The Morgan fingerprint density at radius 3 is 2.45 bits per heavy atom. The molecule has 0 amide bonds. The Kier molecular flexibility index (Phi) is 6.27. The summed E-state index contributed by atoms with van der Waals surface area (Å²) < 4.78 is 16.1. The van der Waals surface area contributed by atoms with Crippen LogP contribution < -0.4 is 0 Å². The smallest absolute Gasteiger partial charge is 0.136 e. The normalized spacial score (nSPS) is 23.7. The molecule has 2 heterocycles. The SMILES string of the molecule is CC1CC(C)CN(S(=O)c2ccc(C(O)C(C)(C#N)c3nc4ccccc4s3)cc2)C1. The number of hydrogen-bond acceptors (Lipinski definition) is 5. The fourth-order valence-corrected chi connectivity index (χ4v) is 6.84. The van der Waals surface area contributed by atoms with Gasteiger partial charge in [-0.1, -0.05) is 38.1 Å². The quantitative estimate of drug-likeness (QED) is 0.601. The Morgan fingerprint density at radius 1 is 1.19 bits per heavy atom. The van der Waals surface area contributed by atoms with E-state index in [2.05, 4.69) is 24.9 Å². The van der Waals surface area contributed by atoms with Crippen LogP contribution in [-0.4, -0.2) is 31.7 Å². The fourth-order valence-electron chi connectivity index (χ4n) is 4.31. The molecule has 5 unspecified atom stereocenters. The van der Waals surface area contributed by atoms with Crippen molar-refractivity contribution in [2.45, 2.75) is 43.6 Å². The number of piperidine rings is 1. The highest BCUT2D eigenvalue weighted by atomic mass is 32.2. The van der Waals surface area contributed by atoms with Crippen LogP contribution in [0.2, 0.25) is 0 Å². The lowest BCUT2D eigenvalue weighted by Crippen LogP contribution is -2.39. The van der Waals surface area contributed by atoms with E-state index in [1.165, 1.54) is 11.3 Å². The second kappa shape index (κ2) is 8.79. The first kappa shape index (κ1) is 22.1. The first-order chi connectivity index (χ1) is 14.8. The van der Waals surface area contributed by atoms with Crippen LogP contribution in [-0.2, 0) is 16.4 Å². The maximum Gasteiger partial charge on any atom is 0.136 e. The molecular weight excluding hydrogens is 426 g/mol. The number of rotatable bonds is 5. The monoisotopic (exact) mass is 453 g/mol. The molecule has 0 spiro atoms. The predicted octanol–water partition coefficient (Wildman–Crippen LogP) is 4.81. The van der Waals surface area contributed by atoms with E-state index in [9.17, 15) is 14.6 Å². The van der Waals surface area contributed by atoms with Crippen molar-refractivity contribution < 1.29 is 9.32 Å². The lowest BCUT2D eigenvalue weighted by Gasteiger charge is -2.33. The van der Waals surface area contributed by atoms with Crippen molar-refractivity contribution in [3.8, 4) is 6.07 Å². The summed E-state index contributed by atoms with van der Waals surface area (Å²) in [4.78, 5) is 5.32. The van der Waals surface area contributed by atoms with Crippen LogP contribution in [0, 0.1) is 23.2 Å². The third-order valence-corrected chi connectivity index (χ3v) is 8.70. The molecule has 2 aromatic carbocycles. The molecule has 0 bridgehead atoms. The first-order valence-corrected chi connectivity index (χ1v) is 12.5. The third kappa shape index (κ3) is 4.31. The van der Waals surface area contributed by atoms with Gasteiger partial charge in [-0.05, 0) is 55.0 Å². The van der Waals surface area contributed by atoms with Gasteiger partial charge in [0.05, 0.1) is 21.2 Å². The van der Waals surface area contributed by atoms with Crippen LogP contribution >= 0.6 is 11.3 Å². The van der Waals surface area contributed by atoms with E-state index < -0.39 is 22.5 Å². The summed E-state index contributed by atoms with van der Waals surface area (Å²) in [6.45, 7) is 7.77. The van der Waals surface area contributed by atoms with Crippen LogP contribution in [0.15, 0.2) is 53.4 Å². The van der Waals surface area contributed by atoms with Crippen molar-refractivity contribution in [3.05, 3.63) is 59.1 Å². The molecule has 3 aromatic rings. The van der Waals surface area contributed by atoms with Gasteiger partial charge in [-0.2, -0.15) is 5.26 Å². The molecule has 1 aliphatic rings. The number of thiazole rings is 1. The molecule has 5 nitrogen and oxygen atoms in total. The average molecular weight is 454 g/mol. The molecule has 1 aliphatic heterocycles. The minimum atomic E-state index is -1.23. The topological polar surface area (TPSA) is 77.2 Å². The van der Waals surface area contributed by atoms with Gasteiger partial charge in [0.15, 0.2) is 0 Å². The van der Waals surface area contributed by atoms with Gasteiger partial charge in [0.1, 0.15) is 27.5 Å². The Hall–Kier alpha value is -2.11. The average Bonchev–Trinajstić information content (AvgIpc) is 3.22. The number of hydrogen-bond donors (Lipinski definition) is 1. The van der Waals surface area contributed by atoms with Crippen LogP contribution in [0.4, 0.5) is 0 Å². The second-order valence-corrected chi connectivity index (χ2v) is 11.3. The third-order valence-electron chi connectivity index (χ3n) is 5.98. The Labute approximate surface area is 189 Å². The molecule has 4 rings (SSSR count). The minimum absolute atomic E-state index is 0.527. The van der Waals surface area contributed by atoms with E-state index in [1.807, 2.05) is 28.6 Å². The van der Waals surface area contributed by atoms with Crippen LogP contribution in [0.3, 0.4) is 0 Å². The standard InChI is InChI=1S/C24H27N3O2S2/c1-16-12-17(2)14-27(13-16)31(29)19-10-8-18(9-11-19)22(28)24(3,15-25)23-26-20-6-4-5-7-21(20)30-23/h4-11,16-17,22,28H,12-14H2,1-3H3. The van der Waals surface area contributed by atoms with Crippen molar-refractivity contribution in [2.24, 2.45) is 11.8 Å². The number of aliphatic hydroxyl groups is 1. The molecule has 1 fully saturated rings. The summed E-state index contributed by atoms with van der Waals surface area (Å²) in [6, 6.07) is 17.2. The molecule has 0 radical (unpaired) electrons. The predicted molar refractivity (Wildman–Crippen MR) is 125 cm³/mol. The van der Waals surface area contributed by atoms with Gasteiger partial charge >= 0.3 is 0 Å². The molecule has 1 saturated heterocycles. The summed E-state index contributed by atoms with van der Waals surface area (Å²) in [5.74, 6) is 1.05. The van der Waals surface area contributed by atoms with Gasteiger partial charge in [-0.15, -0.1) is 11.3 Å². The van der Waals surface area contributed by atoms with Gasteiger partial charge in [-0.25, -0.2) is 13.5 Å². The Morgan fingerprint density at radius 2 is 1.84 bits per heavy atom. The van der Waals surface area contributed by atoms with E-state index in [1.54, 1.807) is 31.2 Å². The highest BCUT2D eigenvalue weighted by Crippen LogP contribution is 2.40. The van der Waals surface area contributed by atoms with Gasteiger partial charge in [-0.3, -0.25) is 0 Å². The number of nitrogens with zero attached hydrogens (tertiary/aromatic N) is 3. The molecule has 1 N–H and O–H groups in total. The van der Waals surface area contributed by atoms with Gasteiger partial charge < -0.3 is 5.11 Å². The first-order valence-electron chi connectivity index (χ1n) is 10.5. The molecule has 162 valence electrons.